The second kappa shape index (κ2) is 8.38. The number of hydrogen-bond donors (Lipinski definition) is 1. The van der Waals surface area contributed by atoms with Gasteiger partial charge in [-0.1, -0.05) is 54.9 Å². The van der Waals surface area contributed by atoms with Crippen LogP contribution >= 0.6 is 11.6 Å². The molecule has 0 unspecified atom stereocenters. The van der Waals surface area contributed by atoms with Crippen molar-refractivity contribution in [1.29, 1.82) is 0 Å². The summed E-state index contributed by atoms with van der Waals surface area (Å²) < 4.78 is 5.39. The van der Waals surface area contributed by atoms with Crippen LogP contribution in [0.5, 0.6) is 0 Å². The first-order valence-electron chi connectivity index (χ1n) is 9.88. The second-order valence-corrected chi connectivity index (χ2v) is 7.62. The number of amides is 1. The third-order valence-corrected chi connectivity index (χ3v) is 5.96. The van der Waals surface area contributed by atoms with Crippen molar-refractivity contribution in [3.8, 4) is 0 Å². The largest absolute Gasteiger partial charge is 0.378 e. The fourth-order valence-corrected chi connectivity index (χ4v) is 4.35. The minimum atomic E-state index is -0.0927. The summed E-state index contributed by atoms with van der Waals surface area (Å²) in [6.07, 6.45) is 3.40. The van der Waals surface area contributed by atoms with Crippen LogP contribution < -0.4 is 0 Å². The summed E-state index contributed by atoms with van der Waals surface area (Å²) in [5.41, 5.74) is 4.55. The van der Waals surface area contributed by atoms with Gasteiger partial charge >= 0.3 is 0 Å². The third kappa shape index (κ3) is 3.67. The number of para-hydroxylation sites is 1. The fourth-order valence-electron chi connectivity index (χ4n) is 4.08. The van der Waals surface area contributed by atoms with Gasteiger partial charge in [-0.05, 0) is 29.2 Å². The Morgan fingerprint density at radius 1 is 1.14 bits per heavy atom. The first-order chi connectivity index (χ1) is 13.7. The molecule has 28 heavy (non-hydrogen) atoms. The van der Waals surface area contributed by atoms with Crippen LogP contribution in [0.1, 0.15) is 36.0 Å². The lowest BCUT2D eigenvalue weighted by atomic mass is 9.87. The van der Waals surface area contributed by atoms with Gasteiger partial charge in [0.2, 0.25) is 5.91 Å². The number of aromatic nitrogens is 1. The van der Waals surface area contributed by atoms with Gasteiger partial charge in [0.1, 0.15) is 0 Å². The van der Waals surface area contributed by atoms with Crippen molar-refractivity contribution in [2.24, 2.45) is 0 Å². The van der Waals surface area contributed by atoms with E-state index < -0.39 is 0 Å². The van der Waals surface area contributed by atoms with E-state index >= 15 is 0 Å². The monoisotopic (exact) mass is 396 g/mol. The van der Waals surface area contributed by atoms with Crippen LogP contribution in [0.4, 0.5) is 0 Å². The van der Waals surface area contributed by atoms with Crippen molar-refractivity contribution in [2.75, 3.05) is 26.3 Å². The van der Waals surface area contributed by atoms with Gasteiger partial charge in [0.15, 0.2) is 0 Å². The highest BCUT2D eigenvalue weighted by Gasteiger charge is 2.26. The lowest BCUT2D eigenvalue weighted by Crippen LogP contribution is -2.41. The van der Waals surface area contributed by atoms with Gasteiger partial charge in [0.05, 0.1) is 13.2 Å². The van der Waals surface area contributed by atoms with E-state index in [9.17, 15) is 4.79 Å². The lowest BCUT2D eigenvalue weighted by molar-refractivity contribution is -0.135. The first-order valence-corrected chi connectivity index (χ1v) is 10.3. The van der Waals surface area contributed by atoms with E-state index in [1.807, 2.05) is 35.4 Å². The summed E-state index contributed by atoms with van der Waals surface area (Å²) >= 11 is 6.56. The molecule has 1 atom stereocenters. The van der Waals surface area contributed by atoms with Crippen molar-refractivity contribution in [3.05, 3.63) is 70.4 Å². The molecule has 0 saturated carbocycles. The molecule has 1 aliphatic heterocycles. The molecule has 0 spiro atoms. The highest BCUT2D eigenvalue weighted by Crippen LogP contribution is 2.37. The molecule has 1 fully saturated rings. The number of aryl methyl sites for hydroxylation is 1. The van der Waals surface area contributed by atoms with E-state index in [1.54, 1.807) is 0 Å². The van der Waals surface area contributed by atoms with Crippen LogP contribution in [0.3, 0.4) is 0 Å². The predicted octanol–water partition coefficient (Wildman–Crippen LogP) is 4.76. The molecular formula is C23H25ClN2O2. The van der Waals surface area contributed by atoms with E-state index in [0.717, 1.165) is 23.1 Å². The van der Waals surface area contributed by atoms with E-state index in [0.29, 0.717) is 37.7 Å². The van der Waals surface area contributed by atoms with E-state index in [2.05, 4.69) is 30.1 Å². The maximum atomic E-state index is 13.1. The molecule has 1 aliphatic rings. The number of nitrogens with zero attached hydrogens (tertiary/aromatic N) is 1. The smallest absolute Gasteiger partial charge is 0.223 e. The summed E-state index contributed by atoms with van der Waals surface area (Å²) in [7, 11) is 0. The van der Waals surface area contributed by atoms with E-state index in [4.69, 9.17) is 16.3 Å². The van der Waals surface area contributed by atoms with Gasteiger partial charge in [-0.15, -0.1) is 0 Å². The Kier molecular flexibility index (Phi) is 5.69. The zero-order chi connectivity index (χ0) is 19.5. The number of ether oxygens (including phenoxy) is 1. The minimum absolute atomic E-state index is 0.0927. The molecule has 2 aromatic carbocycles. The summed E-state index contributed by atoms with van der Waals surface area (Å²) in [6.45, 7) is 4.68. The summed E-state index contributed by atoms with van der Waals surface area (Å²) in [6, 6.07) is 14.2. The highest BCUT2D eigenvalue weighted by molar-refractivity contribution is 6.31. The van der Waals surface area contributed by atoms with Crippen LogP contribution in [0.2, 0.25) is 5.02 Å². The number of hydrogen-bond acceptors (Lipinski definition) is 2. The van der Waals surface area contributed by atoms with Crippen molar-refractivity contribution in [2.45, 2.75) is 25.7 Å². The maximum absolute atomic E-state index is 13.1. The molecule has 5 heteroatoms. The Hall–Kier alpha value is -2.30. The Balaban J connectivity index is 1.75. The number of carbonyl (C=O) groups excluding carboxylic acids is 1. The molecule has 0 bridgehead atoms. The standard InChI is InChI=1S/C23H25ClN2O2/c1-2-16-6-5-8-18-20(15-25-23(16)18)19(17-7-3-4-9-21(17)24)14-22(27)26-10-12-28-13-11-26/h3-9,15,19,25H,2,10-14H2,1H3/t19-/m1/s1. The first kappa shape index (κ1) is 19.0. The molecule has 2 heterocycles. The van der Waals surface area contributed by atoms with Gasteiger partial charge in [-0.3, -0.25) is 4.79 Å². The molecule has 1 aromatic heterocycles. The topological polar surface area (TPSA) is 45.3 Å². The zero-order valence-corrected chi connectivity index (χ0v) is 16.8. The Bertz CT molecular complexity index is 976. The summed E-state index contributed by atoms with van der Waals surface area (Å²) in [5.74, 6) is 0.0547. The van der Waals surface area contributed by atoms with E-state index in [1.165, 1.54) is 10.9 Å². The molecule has 1 N–H and O–H groups in total. The molecule has 4 rings (SSSR count). The van der Waals surface area contributed by atoms with Crippen molar-refractivity contribution >= 4 is 28.4 Å². The average Bonchev–Trinajstić information content (AvgIpc) is 3.17. The third-order valence-electron chi connectivity index (χ3n) is 5.61. The summed E-state index contributed by atoms with van der Waals surface area (Å²) in [5, 5.41) is 1.86. The van der Waals surface area contributed by atoms with Crippen LogP contribution in [0.15, 0.2) is 48.7 Å². The second-order valence-electron chi connectivity index (χ2n) is 7.21. The van der Waals surface area contributed by atoms with Crippen LogP contribution in [-0.2, 0) is 16.0 Å². The Morgan fingerprint density at radius 2 is 1.93 bits per heavy atom. The molecule has 4 nitrogen and oxygen atoms in total. The predicted molar refractivity (Wildman–Crippen MR) is 113 cm³/mol. The Labute approximate surface area is 170 Å². The van der Waals surface area contributed by atoms with Crippen LogP contribution in [0.25, 0.3) is 10.9 Å². The number of aromatic amines is 1. The normalized spacial score (nSPS) is 15.7. The fraction of sp³-hybridized carbons (Fsp3) is 0.348. The Morgan fingerprint density at radius 3 is 2.68 bits per heavy atom. The lowest BCUT2D eigenvalue weighted by Gasteiger charge is -2.29. The number of H-pyrrole nitrogens is 1. The molecule has 146 valence electrons. The molecular weight excluding hydrogens is 372 g/mol. The minimum Gasteiger partial charge on any atom is -0.378 e. The van der Waals surface area contributed by atoms with Gasteiger partial charge < -0.3 is 14.6 Å². The molecule has 1 amide bonds. The zero-order valence-electron chi connectivity index (χ0n) is 16.1. The SMILES string of the molecule is CCc1cccc2c([C@H](CC(=O)N3CCOCC3)c3ccccc3Cl)c[nH]c12. The van der Waals surface area contributed by atoms with Gasteiger partial charge in [0.25, 0.3) is 0 Å². The average molecular weight is 397 g/mol. The van der Waals surface area contributed by atoms with Crippen molar-refractivity contribution in [1.82, 2.24) is 9.88 Å². The van der Waals surface area contributed by atoms with Gasteiger partial charge in [0, 0.05) is 47.6 Å². The molecule has 0 radical (unpaired) electrons. The van der Waals surface area contributed by atoms with E-state index in [-0.39, 0.29) is 11.8 Å². The van der Waals surface area contributed by atoms with Crippen molar-refractivity contribution < 1.29 is 9.53 Å². The molecule has 3 aromatic rings. The highest BCUT2D eigenvalue weighted by atomic mass is 35.5. The van der Waals surface area contributed by atoms with Gasteiger partial charge in [-0.25, -0.2) is 0 Å². The number of fused-ring (bicyclic) bond motifs is 1. The number of nitrogens with one attached hydrogen (secondary N) is 1. The number of morpholine rings is 1. The van der Waals surface area contributed by atoms with Gasteiger partial charge in [-0.2, -0.15) is 0 Å². The molecule has 0 aliphatic carbocycles. The number of carbonyl (C=O) groups is 1. The quantitative estimate of drug-likeness (QED) is 0.675. The maximum Gasteiger partial charge on any atom is 0.223 e. The van der Waals surface area contributed by atoms with Crippen LogP contribution in [0, 0.1) is 0 Å². The van der Waals surface area contributed by atoms with Crippen molar-refractivity contribution in [3.63, 3.8) is 0 Å². The molecule has 1 saturated heterocycles. The number of benzene rings is 2. The van der Waals surface area contributed by atoms with Crippen LogP contribution in [-0.4, -0.2) is 42.1 Å². The summed E-state index contributed by atoms with van der Waals surface area (Å²) in [4.78, 5) is 18.4. The number of rotatable bonds is 5. The number of halogens is 1.